The van der Waals surface area contributed by atoms with Gasteiger partial charge in [0.05, 0.1) is 0 Å². The topological polar surface area (TPSA) is 40.6 Å². The molecule has 2 aliphatic heterocycles. The third-order valence-electron chi connectivity index (χ3n) is 7.01. The van der Waals surface area contributed by atoms with Crippen molar-refractivity contribution in [2.24, 2.45) is 17.8 Å². The van der Waals surface area contributed by atoms with Crippen LogP contribution in [0.25, 0.3) is 0 Å². The van der Waals surface area contributed by atoms with Crippen LogP contribution in [0.4, 0.5) is 0 Å². The Morgan fingerprint density at radius 3 is 1.97 bits per heavy atom. The maximum Gasteiger partial charge on any atom is 0.222 e. The Kier molecular flexibility index (Phi) is 10.7. The van der Waals surface area contributed by atoms with Crippen molar-refractivity contribution in [1.29, 1.82) is 0 Å². The summed E-state index contributed by atoms with van der Waals surface area (Å²) >= 11 is 0. The molecule has 0 aromatic heterocycles. The SMILES string of the molecule is CC(C)CCCCCCCC(=O)N1CCC(N2CCC(C(=O)C(C)C)CC2)CC1. The van der Waals surface area contributed by atoms with Crippen molar-refractivity contribution in [2.45, 2.75) is 104 Å². The molecule has 0 radical (unpaired) electrons. The summed E-state index contributed by atoms with van der Waals surface area (Å²) in [5.41, 5.74) is 0. The van der Waals surface area contributed by atoms with Crippen molar-refractivity contribution in [2.75, 3.05) is 26.2 Å². The van der Waals surface area contributed by atoms with Gasteiger partial charge in [-0.3, -0.25) is 9.59 Å². The Bertz CT molecular complexity index is 487. The number of carbonyl (C=O) groups is 2. The summed E-state index contributed by atoms with van der Waals surface area (Å²) in [5, 5.41) is 0. The van der Waals surface area contributed by atoms with Crippen LogP contribution >= 0.6 is 0 Å². The lowest BCUT2D eigenvalue weighted by Crippen LogP contribution is -2.49. The largest absolute Gasteiger partial charge is 0.343 e. The molecule has 29 heavy (non-hydrogen) atoms. The first kappa shape index (κ1) is 24.4. The number of unbranched alkanes of at least 4 members (excludes halogenated alkanes) is 4. The summed E-state index contributed by atoms with van der Waals surface area (Å²) in [7, 11) is 0. The lowest BCUT2D eigenvalue weighted by atomic mass is 9.86. The molecule has 0 saturated carbocycles. The number of nitrogens with zero attached hydrogens (tertiary/aromatic N) is 2. The summed E-state index contributed by atoms with van der Waals surface area (Å²) in [6.45, 7) is 12.6. The minimum Gasteiger partial charge on any atom is -0.343 e. The maximum absolute atomic E-state index is 12.5. The summed E-state index contributed by atoms with van der Waals surface area (Å²) in [5.74, 6) is 2.07. The van der Waals surface area contributed by atoms with Crippen molar-refractivity contribution >= 4 is 11.7 Å². The van der Waals surface area contributed by atoms with Crippen LogP contribution in [-0.2, 0) is 9.59 Å². The van der Waals surface area contributed by atoms with E-state index in [0.29, 0.717) is 17.7 Å². The summed E-state index contributed by atoms with van der Waals surface area (Å²) < 4.78 is 0. The number of rotatable bonds is 11. The Balaban J connectivity index is 1.57. The van der Waals surface area contributed by atoms with Gasteiger partial charge in [0.25, 0.3) is 0 Å². The number of piperidine rings is 2. The van der Waals surface area contributed by atoms with E-state index < -0.39 is 0 Å². The van der Waals surface area contributed by atoms with Gasteiger partial charge in [0, 0.05) is 37.4 Å². The number of hydrogen-bond acceptors (Lipinski definition) is 3. The molecule has 0 N–H and O–H groups in total. The zero-order chi connectivity index (χ0) is 21.2. The van der Waals surface area contributed by atoms with Crippen molar-refractivity contribution < 1.29 is 9.59 Å². The number of likely N-dealkylation sites (tertiary alicyclic amines) is 2. The standard InChI is InChI=1S/C25H46N2O2/c1-20(2)10-8-6-5-7-9-11-24(28)27-18-14-23(15-19-27)26-16-12-22(13-17-26)25(29)21(3)4/h20-23H,5-19H2,1-4H3. The second kappa shape index (κ2) is 12.7. The van der Waals surface area contributed by atoms with E-state index in [-0.39, 0.29) is 11.8 Å². The zero-order valence-corrected chi connectivity index (χ0v) is 19.6. The Morgan fingerprint density at radius 1 is 0.793 bits per heavy atom. The highest BCUT2D eigenvalue weighted by Gasteiger charge is 2.31. The predicted octanol–water partition coefficient (Wildman–Crippen LogP) is 5.30. The molecule has 0 aliphatic carbocycles. The molecule has 0 unspecified atom stereocenters. The molecule has 4 nitrogen and oxygen atoms in total. The van der Waals surface area contributed by atoms with Crippen molar-refractivity contribution in [1.82, 2.24) is 9.80 Å². The van der Waals surface area contributed by atoms with E-state index in [4.69, 9.17) is 0 Å². The second-order valence-corrected chi connectivity index (χ2v) is 10.2. The van der Waals surface area contributed by atoms with E-state index >= 15 is 0 Å². The molecule has 2 rings (SSSR count). The lowest BCUT2D eigenvalue weighted by molar-refractivity contribution is -0.133. The molecule has 4 heteroatoms. The molecule has 0 atom stereocenters. The molecular formula is C25H46N2O2. The van der Waals surface area contributed by atoms with Crippen molar-refractivity contribution in [3.05, 3.63) is 0 Å². The molecule has 168 valence electrons. The van der Waals surface area contributed by atoms with Gasteiger partial charge in [-0.1, -0.05) is 59.8 Å². The molecule has 2 aliphatic rings. The van der Waals surface area contributed by atoms with Crippen LogP contribution in [0.2, 0.25) is 0 Å². The average molecular weight is 407 g/mol. The minimum atomic E-state index is 0.167. The van der Waals surface area contributed by atoms with Crippen LogP contribution in [0.5, 0.6) is 0 Å². The van der Waals surface area contributed by atoms with Crippen molar-refractivity contribution in [3.63, 3.8) is 0 Å². The van der Waals surface area contributed by atoms with Crippen molar-refractivity contribution in [3.8, 4) is 0 Å². The highest BCUT2D eigenvalue weighted by atomic mass is 16.2. The molecule has 0 aromatic rings. The highest BCUT2D eigenvalue weighted by Crippen LogP contribution is 2.26. The third kappa shape index (κ3) is 8.39. The van der Waals surface area contributed by atoms with Gasteiger partial charge >= 0.3 is 0 Å². The summed E-state index contributed by atoms with van der Waals surface area (Å²) in [4.78, 5) is 29.4. The Hall–Kier alpha value is -0.900. The van der Waals surface area contributed by atoms with E-state index in [1.54, 1.807) is 0 Å². The molecule has 2 saturated heterocycles. The van der Waals surface area contributed by atoms with Gasteiger partial charge < -0.3 is 9.80 Å². The fraction of sp³-hybridized carbons (Fsp3) is 0.920. The number of Topliss-reactive ketones (excluding diaryl/α,β-unsaturated/α-hetero) is 1. The fourth-order valence-corrected chi connectivity index (χ4v) is 5.02. The van der Waals surface area contributed by atoms with E-state index in [2.05, 4.69) is 23.6 Å². The van der Waals surface area contributed by atoms with Gasteiger partial charge in [0.2, 0.25) is 5.91 Å². The molecule has 0 spiro atoms. The van der Waals surface area contributed by atoms with Crippen LogP contribution in [0.15, 0.2) is 0 Å². The number of ketones is 1. The first-order chi connectivity index (χ1) is 13.9. The monoisotopic (exact) mass is 406 g/mol. The van der Waals surface area contributed by atoms with E-state index in [9.17, 15) is 9.59 Å². The highest BCUT2D eigenvalue weighted by molar-refractivity contribution is 5.82. The normalized spacial score (nSPS) is 20.0. The first-order valence-electron chi connectivity index (χ1n) is 12.4. The zero-order valence-electron chi connectivity index (χ0n) is 19.6. The number of carbonyl (C=O) groups excluding carboxylic acids is 2. The van der Waals surface area contributed by atoms with Crippen LogP contribution in [0, 0.1) is 17.8 Å². The molecule has 2 heterocycles. The quantitative estimate of drug-likeness (QED) is 0.437. The van der Waals surface area contributed by atoms with Crippen LogP contribution in [0.1, 0.15) is 98.3 Å². The third-order valence-corrected chi connectivity index (χ3v) is 7.01. The van der Waals surface area contributed by atoms with Gasteiger partial charge in [-0.05, 0) is 51.1 Å². The Morgan fingerprint density at radius 2 is 1.38 bits per heavy atom. The first-order valence-corrected chi connectivity index (χ1v) is 12.4. The van der Waals surface area contributed by atoms with Gasteiger partial charge in [-0.2, -0.15) is 0 Å². The van der Waals surface area contributed by atoms with Gasteiger partial charge in [-0.15, -0.1) is 0 Å². The van der Waals surface area contributed by atoms with Gasteiger partial charge in [0.15, 0.2) is 0 Å². The second-order valence-electron chi connectivity index (χ2n) is 10.2. The smallest absolute Gasteiger partial charge is 0.222 e. The number of amides is 1. The minimum absolute atomic E-state index is 0.167. The average Bonchev–Trinajstić information content (AvgIpc) is 2.72. The Labute approximate surface area is 179 Å². The fourth-order valence-electron chi connectivity index (χ4n) is 5.02. The lowest BCUT2D eigenvalue weighted by Gasteiger charge is -2.41. The van der Waals surface area contributed by atoms with Gasteiger partial charge in [0.1, 0.15) is 5.78 Å². The van der Waals surface area contributed by atoms with Crippen LogP contribution in [-0.4, -0.2) is 53.7 Å². The number of hydrogen-bond donors (Lipinski definition) is 0. The molecule has 2 fully saturated rings. The molecule has 1 amide bonds. The molecule has 0 bridgehead atoms. The van der Waals surface area contributed by atoms with Crippen LogP contribution < -0.4 is 0 Å². The predicted molar refractivity (Wildman–Crippen MR) is 121 cm³/mol. The van der Waals surface area contributed by atoms with E-state index in [1.807, 2.05) is 13.8 Å². The molecular weight excluding hydrogens is 360 g/mol. The maximum atomic E-state index is 12.5. The summed E-state index contributed by atoms with van der Waals surface area (Å²) in [6.07, 6.45) is 12.5. The molecule has 0 aromatic carbocycles. The van der Waals surface area contributed by atoms with Gasteiger partial charge in [-0.25, -0.2) is 0 Å². The summed E-state index contributed by atoms with van der Waals surface area (Å²) in [6, 6.07) is 0.607. The van der Waals surface area contributed by atoms with Crippen LogP contribution in [0.3, 0.4) is 0 Å². The van der Waals surface area contributed by atoms with E-state index in [0.717, 1.165) is 70.6 Å². The van der Waals surface area contributed by atoms with E-state index in [1.165, 1.54) is 32.1 Å².